The molecular weight excluding hydrogens is 420 g/mol. The minimum absolute atomic E-state index is 0.0577. The van der Waals surface area contributed by atoms with E-state index in [1.54, 1.807) is 18.2 Å². The summed E-state index contributed by atoms with van der Waals surface area (Å²) in [7, 11) is 4.81. The summed E-state index contributed by atoms with van der Waals surface area (Å²) < 4.78 is 19.0. The van der Waals surface area contributed by atoms with Gasteiger partial charge in [0, 0.05) is 0 Å². The van der Waals surface area contributed by atoms with Gasteiger partial charge in [-0.2, -0.15) is 0 Å². The highest BCUT2D eigenvalue weighted by Gasteiger charge is 2.47. The zero-order valence-corrected chi connectivity index (χ0v) is 19.4. The molecule has 0 aliphatic heterocycles. The van der Waals surface area contributed by atoms with Crippen LogP contribution < -0.4 is 0 Å². The number of aliphatic hydroxyl groups is 1. The molecule has 0 unspecified atom stereocenters. The first-order valence-electron chi connectivity index (χ1n) is 10.1. The largest absolute Gasteiger partial charge is 0.468 e. The summed E-state index contributed by atoms with van der Waals surface area (Å²) in [4.78, 5) is 48.6. The van der Waals surface area contributed by atoms with Gasteiger partial charge in [-0.15, -0.1) is 0 Å². The lowest BCUT2D eigenvalue weighted by atomic mass is 9.78. The summed E-state index contributed by atoms with van der Waals surface area (Å²) in [5.41, 5.74) is -0.664. The maximum atomic E-state index is 12.5. The third-order valence-corrected chi connectivity index (χ3v) is 4.97. The molecule has 1 N–H and O–H groups in total. The number of methoxy groups -OCH3 is 4. The van der Waals surface area contributed by atoms with Crippen LogP contribution in [0.2, 0.25) is 0 Å². The standard InChI is InChI=1S/C23H34O9/c1-17(11-10-12-18(19(25)29-2)20(26)30-3)13-15-23(21(27)31-4,22(28)32-5)14-8-6-7-9-16-24/h6-9,11,18,24H,10,12-16H2,1-5H3/b8-6+,9-7+,17-11+. The topological polar surface area (TPSA) is 125 Å². The Bertz CT molecular complexity index is 687. The van der Waals surface area contributed by atoms with E-state index in [-0.39, 0.29) is 25.9 Å². The van der Waals surface area contributed by atoms with E-state index in [0.29, 0.717) is 12.8 Å². The molecule has 180 valence electrons. The van der Waals surface area contributed by atoms with Crippen molar-refractivity contribution in [2.45, 2.75) is 39.0 Å². The van der Waals surface area contributed by atoms with E-state index in [0.717, 1.165) is 5.57 Å². The van der Waals surface area contributed by atoms with Crippen LogP contribution in [-0.4, -0.2) is 64.0 Å². The molecular formula is C23H34O9. The van der Waals surface area contributed by atoms with Crippen molar-refractivity contribution in [3.63, 3.8) is 0 Å². The second-order valence-electron chi connectivity index (χ2n) is 7.04. The number of carbonyl (C=O) groups is 4. The zero-order chi connectivity index (χ0) is 24.6. The first-order chi connectivity index (χ1) is 15.2. The summed E-state index contributed by atoms with van der Waals surface area (Å²) in [6.45, 7) is 1.70. The molecule has 0 aromatic carbocycles. The van der Waals surface area contributed by atoms with E-state index in [2.05, 4.69) is 9.47 Å². The third kappa shape index (κ3) is 9.05. The van der Waals surface area contributed by atoms with Crippen LogP contribution in [0.1, 0.15) is 39.0 Å². The van der Waals surface area contributed by atoms with E-state index in [4.69, 9.17) is 14.6 Å². The Kier molecular flexibility index (Phi) is 14.3. The van der Waals surface area contributed by atoms with Crippen molar-refractivity contribution in [1.82, 2.24) is 0 Å². The third-order valence-electron chi connectivity index (χ3n) is 4.97. The molecule has 0 spiro atoms. The van der Waals surface area contributed by atoms with Crippen molar-refractivity contribution in [3.05, 3.63) is 36.0 Å². The summed E-state index contributed by atoms with van der Waals surface area (Å²) in [5, 5.41) is 8.79. The van der Waals surface area contributed by atoms with E-state index in [9.17, 15) is 19.2 Å². The average Bonchev–Trinajstić information content (AvgIpc) is 2.81. The fraction of sp³-hybridized carbons (Fsp3) is 0.565. The van der Waals surface area contributed by atoms with Gasteiger partial charge < -0.3 is 24.1 Å². The normalized spacial score (nSPS) is 12.3. The Labute approximate surface area is 189 Å². The van der Waals surface area contributed by atoms with Gasteiger partial charge in [-0.25, -0.2) is 0 Å². The molecule has 9 heteroatoms. The summed E-state index contributed by atoms with van der Waals surface area (Å²) in [6, 6.07) is 0. The van der Waals surface area contributed by atoms with Gasteiger partial charge in [-0.3, -0.25) is 19.2 Å². The molecule has 0 amide bonds. The number of carbonyl (C=O) groups excluding carboxylic acids is 4. The molecule has 0 aromatic rings. The van der Waals surface area contributed by atoms with Gasteiger partial charge in [-0.05, 0) is 39.0 Å². The molecule has 0 atom stereocenters. The van der Waals surface area contributed by atoms with Crippen LogP contribution >= 0.6 is 0 Å². The minimum atomic E-state index is -1.53. The number of aliphatic hydroxyl groups excluding tert-OH is 1. The molecule has 0 saturated heterocycles. The molecule has 0 aromatic heterocycles. The van der Waals surface area contributed by atoms with Crippen molar-refractivity contribution in [2.24, 2.45) is 11.3 Å². The molecule has 0 bridgehead atoms. The molecule has 0 rings (SSSR count). The fourth-order valence-corrected chi connectivity index (χ4v) is 3.06. The van der Waals surface area contributed by atoms with E-state index < -0.39 is 35.2 Å². The molecule has 0 saturated carbocycles. The Morgan fingerprint density at radius 1 is 0.875 bits per heavy atom. The maximum absolute atomic E-state index is 12.5. The summed E-state index contributed by atoms with van der Waals surface area (Å²) >= 11 is 0. The van der Waals surface area contributed by atoms with E-state index >= 15 is 0 Å². The summed E-state index contributed by atoms with van der Waals surface area (Å²) in [6.07, 6.45) is 9.38. The van der Waals surface area contributed by atoms with Gasteiger partial charge in [0.1, 0.15) is 0 Å². The van der Waals surface area contributed by atoms with Crippen LogP contribution in [-0.2, 0) is 38.1 Å². The zero-order valence-electron chi connectivity index (χ0n) is 19.4. The van der Waals surface area contributed by atoms with Crippen LogP contribution in [0.5, 0.6) is 0 Å². The number of esters is 4. The summed E-state index contributed by atoms with van der Waals surface area (Å²) in [5.74, 6) is -3.76. The quantitative estimate of drug-likeness (QED) is 0.138. The number of hydrogen-bond acceptors (Lipinski definition) is 9. The Morgan fingerprint density at radius 2 is 1.41 bits per heavy atom. The van der Waals surface area contributed by atoms with Crippen molar-refractivity contribution < 1.29 is 43.2 Å². The van der Waals surface area contributed by atoms with Crippen molar-refractivity contribution in [2.75, 3.05) is 35.0 Å². The smallest absolute Gasteiger partial charge is 0.323 e. The van der Waals surface area contributed by atoms with Crippen LogP contribution in [0.25, 0.3) is 0 Å². The van der Waals surface area contributed by atoms with Gasteiger partial charge in [0.05, 0.1) is 35.0 Å². The molecule has 0 aliphatic rings. The SMILES string of the molecule is COC(=O)C(CC/C=C(\C)CCC(C/C=C/C=C/CO)(C(=O)OC)C(=O)OC)C(=O)OC. The Balaban J connectivity index is 5.39. The Hall–Kier alpha value is -2.94. The number of ether oxygens (including phenoxy) is 4. The predicted octanol–water partition coefficient (Wildman–Crippen LogP) is 2.28. The van der Waals surface area contributed by atoms with Crippen LogP contribution in [0.3, 0.4) is 0 Å². The fourth-order valence-electron chi connectivity index (χ4n) is 3.06. The van der Waals surface area contributed by atoms with Crippen molar-refractivity contribution >= 4 is 23.9 Å². The van der Waals surface area contributed by atoms with Gasteiger partial charge in [0.2, 0.25) is 0 Å². The van der Waals surface area contributed by atoms with E-state index in [1.165, 1.54) is 34.5 Å². The molecule has 32 heavy (non-hydrogen) atoms. The van der Waals surface area contributed by atoms with Gasteiger partial charge in [-0.1, -0.05) is 36.0 Å². The number of hydrogen-bond donors (Lipinski definition) is 1. The minimum Gasteiger partial charge on any atom is -0.468 e. The first-order valence-corrected chi connectivity index (χ1v) is 10.1. The predicted molar refractivity (Wildman–Crippen MR) is 116 cm³/mol. The molecule has 0 heterocycles. The van der Waals surface area contributed by atoms with Gasteiger partial charge in [0.15, 0.2) is 11.3 Å². The Morgan fingerprint density at radius 3 is 1.88 bits per heavy atom. The average molecular weight is 455 g/mol. The maximum Gasteiger partial charge on any atom is 0.323 e. The monoisotopic (exact) mass is 454 g/mol. The van der Waals surface area contributed by atoms with Crippen molar-refractivity contribution in [1.29, 1.82) is 0 Å². The van der Waals surface area contributed by atoms with Gasteiger partial charge >= 0.3 is 23.9 Å². The molecule has 0 radical (unpaired) electrons. The lowest BCUT2D eigenvalue weighted by Gasteiger charge is -2.27. The van der Waals surface area contributed by atoms with Crippen LogP contribution in [0, 0.1) is 11.3 Å². The van der Waals surface area contributed by atoms with Crippen LogP contribution in [0.15, 0.2) is 36.0 Å². The molecule has 0 aliphatic carbocycles. The number of rotatable bonds is 14. The second kappa shape index (κ2) is 15.8. The highest BCUT2D eigenvalue weighted by Crippen LogP contribution is 2.34. The van der Waals surface area contributed by atoms with Crippen molar-refractivity contribution in [3.8, 4) is 0 Å². The lowest BCUT2D eigenvalue weighted by molar-refractivity contribution is -0.169. The molecule has 9 nitrogen and oxygen atoms in total. The first kappa shape index (κ1) is 29.1. The molecule has 0 fully saturated rings. The lowest BCUT2D eigenvalue weighted by Crippen LogP contribution is -2.41. The van der Waals surface area contributed by atoms with Crippen LogP contribution in [0.4, 0.5) is 0 Å². The van der Waals surface area contributed by atoms with E-state index in [1.807, 2.05) is 13.0 Å². The highest BCUT2D eigenvalue weighted by molar-refractivity contribution is 6.00. The second-order valence-corrected chi connectivity index (χ2v) is 7.04. The van der Waals surface area contributed by atoms with Gasteiger partial charge in [0.25, 0.3) is 0 Å². The highest BCUT2D eigenvalue weighted by atomic mass is 16.6. The number of allylic oxidation sites excluding steroid dienone is 5.